The number of ether oxygens (including phenoxy) is 1. The molecule has 0 aliphatic heterocycles. The van der Waals surface area contributed by atoms with Crippen molar-refractivity contribution in [2.75, 3.05) is 0 Å². The monoisotopic (exact) mass is 308 g/mol. The molecule has 1 aromatic carbocycles. The Morgan fingerprint density at radius 2 is 2.24 bits per heavy atom. The molecule has 1 N–H and O–H groups in total. The molecular weight excluding hydrogens is 292 g/mol. The molecule has 0 saturated heterocycles. The van der Waals surface area contributed by atoms with Crippen LogP contribution in [0.2, 0.25) is 5.02 Å². The van der Waals surface area contributed by atoms with Crippen LogP contribution in [0.3, 0.4) is 0 Å². The first-order valence-corrected chi connectivity index (χ1v) is 7.08. The molecule has 0 bridgehead atoms. The predicted octanol–water partition coefficient (Wildman–Crippen LogP) is 3.78. The molecule has 0 aliphatic carbocycles. The molecule has 0 radical (unpaired) electrons. The Bertz CT molecular complexity index is 640. The summed E-state index contributed by atoms with van der Waals surface area (Å²) in [5, 5.41) is 13.9. The van der Waals surface area contributed by atoms with Gasteiger partial charge >= 0.3 is 5.97 Å². The average molecular weight is 309 g/mol. The Morgan fingerprint density at radius 3 is 2.90 bits per heavy atom. The number of carbonyl (C=O) groups is 1. The highest BCUT2D eigenvalue weighted by molar-refractivity contribution is 6.31. The van der Waals surface area contributed by atoms with Crippen molar-refractivity contribution in [3.63, 3.8) is 0 Å². The normalized spacial score (nSPS) is 12.1. The van der Waals surface area contributed by atoms with Gasteiger partial charge in [-0.1, -0.05) is 18.5 Å². The van der Waals surface area contributed by atoms with E-state index in [4.69, 9.17) is 21.4 Å². The third-order valence-electron chi connectivity index (χ3n) is 3.25. The Balaban J connectivity index is 2.09. The van der Waals surface area contributed by atoms with E-state index in [0.717, 1.165) is 12.1 Å². The highest BCUT2D eigenvalue weighted by atomic mass is 35.5. The number of carboxylic acid groups (broad SMARTS) is 1. The summed E-state index contributed by atoms with van der Waals surface area (Å²) in [6.45, 7) is 4.39. The minimum atomic E-state index is -1.07. The minimum absolute atomic E-state index is 0.0452. The Kier molecular flexibility index (Phi) is 4.85. The fourth-order valence-electron chi connectivity index (χ4n) is 1.83. The van der Waals surface area contributed by atoms with E-state index >= 15 is 0 Å². The average Bonchev–Trinajstić information content (AvgIpc) is 2.93. The van der Waals surface area contributed by atoms with Crippen molar-refractivity contribution in [1.29, 1.82) is 0 Å². The number of hydrogen-bond acceptors (Lipinski definition) is 3. The lowest BCUT2D eigenvalue weighted by Crippen LogP contribution is -2.07. The lowest BCUT2D eigenvalue weighted by Gasteiger charge is -2.09. The van der Waals surface area contributed by atoms with Crippen molar-refractivity contribution in [2.45, 2.75) is 32.9 Å². The van der Waals surface area contributed by atoms with Gasteiger partial charge in [0.15, 0.2) is 0 Å². The SMILES string of the molecule is CCC(C)n1ccc(COc2ccc(Cl)cc2C(=O)O)n1. The maximum Gasteiger partial charge on any atom is 0.339 e. The number of carboxylic acids is 1. The summed E-state index contributed by atoms with van der Waals surface area (Å²) < 4.78 is 7.42. The molecule has 0 spiro atoms. The fraction of sp³-hybridized carbons (Fsp3) is 0.333. The quantitative estimate of drug-likeness (QED) is 0.882. The lowest BCUT2D eigenvalue weighted by atomic mass is 10.2. The summed E-state index contributed by atoms with van der Waals surface area (Å²) in [7, 11) is 0. The second kappa shape index (κ2) is 6.63. The summed E-state index contributed by atoms with van der Waals surface area (Å²) in [4.78, 5) is 11.2. The first-order valence-electron chi connectivity index (χ1n) is 6.71. The van der Waals surface area contributed by atoms with Gasteiger partial charge in [-0.15, -0.1) is 0 Å². The summed E-state index contributed by atoms with van der Waals surface area (Å²) in [6.07, 6.45) is 2.88. The van der Waals surface area contributed by atoms with Crippen molar-refractivity contribution < 1.29 is 14.6 Å². The third kappa shape index (κ3) is 3.76. The zero-order valence-corrected chi connectivity index (χ0v) is 12.7. The number of halogens is 1. The lowest BCUT2D eigenvalue weighted by molar-refractivity contribution is 0.0691. The summed E-state index contributed by atoms with van der Waals surface area (Å²) in [5.41, 5.74) is 0.797. The molecule has 5 nitrogen and oxygen atoms in total. The van der Waals surface area contributed by atoms with Crippen molar-refractivity contribution in [2.24, 2.45) is 0 Å². The first kappa shape index (κ1) is 15.4. The number of benzene rings is 1. The maximum atomic E-state index is 11.2. The number of hydrogen-bond donors (Lipinski definition) is 1. The smallest absolute Gasteiger partial charge is 0.339 e. The zero-order valence-electron chi connectivity index (χ0n) is 11.9. The van der Waals surface area contributed by atoms with E-state index in [1.807, 2.05) is 16.9 Å². The van der Waals surface area contributed by atoms with Gasteiger partial charge in [0.25, 0.3) is 0 Å². The minimum Gasteiger partial charge on any atom is -0.486 e. The summed E-state index contributed by atoms with van der Waals surface area (Å²) in [6, 6.07) is 6.71. The van der Waals surface area contributed by atoms with Crippen LogP contribution in [0.5, 0.6) is 5.75 Å². The van der Waals surface area contributed by atoms with Crippen LogP contribution in [0, 0.1) is 0 Å². The van der Waals surface area contributed by atoms with Crippen LogP contribution >= 0.6 is 11.6 Å². The molecule has 21 heavy (non-hydrogen) atoms. The van der Waals surface area contributed by atoms with Crippen LogP contribution in [-0.4, -0.2) is 20.9 Å². The molecule has 1 unspecified atom stereocenters. The Hall–Kier alpha value is -2.01. The summed E-state index contributed by atoms with van der Waals surface area (Å²) >= 11 is 5.80. The van der Waals surface area contributed by atoms with Crippen molar-refractivity contribution in [1.82, 2.24) is 9.78 Å². The number of nitrogens with zero attached hydrogens (tertiary/aromatic N) is 2. The number of rotatable bonds is 6. The van der Waals surface area contributed by atoms with Gasteiger partial charge in [-0.2, -0.15) is 5.10 Å². The molecule has 112 valence electrons. The van der Waals surface area contributed by atoms with Crippen molar-refractivity contribution >= 4 is 17.6 Å². The van der Waals surface area contributed by atoms with Gasteiger partial charge in [-0.3, -0.25) is 4.68 Å². The largest absolute Gasteiger partial charge is 0.486 e. The number of aromatic carboxylic acids is 1. The van der Waals surface area contributed by atoms with Gasteiger partial charge in [-0.05, 0) is 37.6 Å². The van der Waals surface area contributed by atoms with Gasteiger partial charge in [0.05, 0.1) is 5.69 Å². The molecule has 1 aromatic heterocycles. The van der Waals surface area contributed by atoms with Crippen LogP contribution in [0.25, 0.3) is 0 Å². The Morgan fingerprint density at radius 1 is 1.48 bits per heavy atom. The molecule has 2 rings (SSSR count). The van der Waals surface area contributed by atoms with Crippen LogP contribution in [0.15, 0.2) is 30.5 Å². The molecular formula is C15H17ClN2O3. The third-order valence-corrected chi connectivity index (χ3v) is 3.49. The second-order valence-corrected chi connectivity index (χ2v) is 5.22. The van der Waals surface area contributed by atoms with E-state index in [2.05, 4.69) is 18.9 Å². The van der Waals surface area contributed by atoms with Crippen LogP contribution in [0.4, 0.5) is 0 Å². The highest BCUT2D eigenvalue weighted by Crippen LogP contribution is 2.23. The van der Waals surface area contributed by atoms with E-state index in [-0.39, 0.29) is 17.9 Å². The summed E-state index contributed by atoms with van der Waals surface area (Å²) in [5.74, 6) is -0.789. The van der Waals surface area contributed by atoms with Crippen molar-refractivity contribution in [3.8, 4) is 5.75 Å². The Labute approximate surface area is 128 Å². The first-order chi connectivity index (χ1) is 10.0. The van der Waals surface area contributed by atoms with Gasteiger partial charge in [0.1, 0.15) is 17.9 Å². The van der Waals surface area contributed by atoms with Gasteiger partial charge in [0, 0.05) is 17.3 Å². The molecule has 0 amide bonds. The predicted molar refractivity (Wildman–Crippen MR) is 80.0 cm³/mol. The zero-order chi connectivity index (χ0) is 15.4. The van der Waals surface area contributed by atoms with Crippen LogP contribution in [0.1, 0.15) is 42.4 Å². The van der Waals surface area contributed by atoms with Gasteiger partial charge < -0.3 is 9.84 Å². The van der Waals surface area contributed by atoms with E-state index in [1.165, 1.54) is 6.07 Å². The van der Waals surface area contributed by atoms with Crippen LogP contribution < -0.4 is 4.74 Å². The van der Waals surface area contributed by atoms with E-state index in [9.17, 15) is 4.79 Å². The van der Waals surface area contributed by atoms with E-state index in [0.29, 0.717) is 11.1 Å². The standard InChI is InChI=1S/C15H17ClN2O3/c1-3-10(2)18-7-6-12(17-18)9-21-14-5-4-11(16)8-13(14)15(19)20/h4-8,10H,3,9H2,1-2H3,(H,19,20). The maximum absolute atomic E-state index is 11.2. The number of aromatic nitrogens is 2. The molecule has 6 heteroatoms. The van der Waals surface area contributed by atoms with Gasteiger partial charge in [-0.25, -0.2) is 4.79 Å². The molecule has 1 atom stereocenters. The highest BCUT2D eigenvalue weighted by Gasteiger charge is 2.13. The molecule has 0 aliphatic rings. The molecule has 1 heterocycles. The molecule has 0 saturated carbocycles. The molecule has 0 fully saturated rings. The molecule has 2 aromatic rings. The fourth-order valence-corrected chi connectivity index (χ4v) is 2.01. The van der Waals surface area contributed by atoms with E-state index < -0.39 is 5.97 Å². The van der Waals surface area contributed by atoms with E-state index in [1.54, 1.807) is 12.1 Å². The van der Waals surface area contributed by atoms with Gasteiger partial charge in [0.2, 0.25) is 0 Å². The topological polar surface area (TPSA) is 64.3 Å². The van der Waals surface area contributed by atoms with Crippen LogP contribution in [-0.2, 0) is 6.61 Å². The second-order valence-electron chi connectivity index (χ2n) is 4.78. The van der Waals surface area contributed by atoms with Crippen molar-refractivity contribution in [3.05, 3.63) is 46.7 Å².